The van der Waals surface area contributed by atoms with Crippen molar-refractivity contribution in [1.29, 1.82) is 5.26 Å². The summed E-state index contributed by atoms with van der Waals surface area (Å²) in [5.41, 5.74) is 2.89. The first-order valence-electron chi connectivity index (χ1n) is 11.0. The lowest BCUT2D eigenvalue weighted by Crippen LogP contribution is -2.26. The normalized spacial score (nSPS) is 10.7. The van der Waals surface area contributed by atoms with Gasteiger partial charge >= 0.3 is 0 Å². The van der Waals surface area contributed by atoms with Crippen LogP contribution in [-0.2, 0) is 11.3 Å². The van der Waals surface area contributed by atoms with Crippen molar-refractivity contribution < 1.29 is 14.3 Å². The van der Waals surface area contributed by atoms with Gasteiger partial charge in [-0.1, -0.05) is 24.3 Å². The molecular weight excluding hydrogens is 444 g/mol. The summed E-state index contributed by atoms with van der Waals surface area (Å²) < 4.78 is 6.95. The molecule has 0 atom stereocenters. The first-order chi connectivity index (χ1) is 17.0. The van der Waals surface area contributed by atoms with E-state index in [2.05, 4.69) is 15.3 Å². The average Bonchev–Trinajstić information content (AvgIpc) is 3.24. The van der Waals surface area contributed by atoms with Crippen molar-refractivity contribution in [3.63, 3.8) is 0 Å². The lowest BCUT2D eigenvalue weighted by atomic mass is 10.1. The number of nitriles is 1. The van der Waals surface area contributed by atoms with Crippen LogP contribution in [0.4, 0.5) is 11.6 Å². The molecule has 4 aromatic rings. The molecule has 0 spiro atoms. The number of aromatic nitrogens is 3. The second kappa shape index (κ2) is 10.6. The van der Waals surface area contributed by atoms with Crippen LogP contribution < -0.4 is 10.2 Å². The van der Waals surface area contributed by atoms with E-state index in [1.807, 2.05) is 36.4 Å². The minimum Gasteiger partial charge on any atom is -0.385 e. The summed E-state index contributed by atoms with van der Waals surface area (Å²) in [5.74, 6) is -0.319. The standard InChI is InChI=1S/C26H24N6O3/c1-31(21-10-4-3-5-11-21)25(34)20-15-22-23(28-17-20)32(12-7-13-35-2)26(29-22)30-24(33)19-9-6-8-18(14-19)16-27/h3-6,8-11,14-15,17H,7,12-13H2,1-2H3,(H,29,30,33). The third-order valence-corrected chi connectivity index (χ3v) is 5.49. The molecule has 2 amide bonds. The number of hydrogen-bond acceptors (Lipinski definition) is 6. The van der Waals surface area contributed by atoms with Crippen LogP contribution in [0.1, 0.15) is 32.7 Å². The van der Waals surface area contributed by atoms with Crippen molar-refractivity contribution in [3.8, 4) is 6.07 Å². The van der Waals surface area contributed by atoms with Crippen LogP contribution in [0.3, 0.4) is 0 Å². The SMILES string of the molecule is COCCCn1c(NC(=O)c2cccc(C#N)c2)nc2cc(C(=O)N(C)c3ccccc3)cnc21. The van der Waals surface area contributed by atoms with Crippen molar-refractivity contribution >= 4 is 34.6 Å². The van der Waals surface area contributed by atoms with Gasteiger partial charge in [0.2, 0.25) is 5.95 Å². The van der Waals surface area contributed by atoms with Crippen LogP contribution in [0.15, 0.2) is 66.9 Å². The minimum atomic E-state index is -0.398. The van der Waals surface area contributed by atoms with Gasteiger partial charge in [-0.15, -0.1) is 0 Å². The lowest BCUT2D eigenvalue weighted by molar-refractivity contribution is 0.0990. The summed E-state index contributed by atoms with van der Waals surface area (Å²) in [6.07, 6.45) is 2.19. The number of pyridine rings is 1. The number of carbonyl (C=O) groups is 2. The van der Waals surface area contributed by atoms with Gasteiger partial charge in [-0.2, -0.15) is 5.26 Å². The Morgan fingerprint density at radius 2 is 1.91 bits per heavy atom. The van der Waals surface area contributed by atoms with Crippen molar-refractivity contribution in [2.24, 2.45) is 0 Å². The molecule has 9 nitrogen and oxygen atoms in total. The van der Waals surface area contributed by atoms with Crippen molar-refractivity contribution in [2.75, 3.05) is 31.0 Å². The molecule has 2 heterocycles. The molecule has 0 aliphatic heterocycles. The molecule has 35 heavy (non-hydrogen) atoms. The molecule has 0 radical (unpaired) electrons. The Bertz CT molecular complexity index is 1410. The number of ether oxygens (including phenoxy) is 1. The summed E-state index contributed by atoms with van der Waals surface area (Å²) in [4.78, 5) is 36.6. The quantitative estimate of drug-likeness (QED) is 0.393. The topological polar surface area (TPSA) is 113 Å². The van der Waals surface area contributed by atoms with Crippen molar-refractivity contribution in [2.45, 2.75) is 13.0 Å². The zero-order chi connectivity index (χ0) is 24.8. The number of fused-ring (bicyclic) bond motifs is 1. The highest BCUT2D eigenvalue weighted by molar-refractivity contribution is 6.07. The number of amides is 2. The van der Waals surface area contributed by atoms with E-state index in [0.29, 0.717) is 53.4 Å². The molecule has 0 bridgehead atoms. The summed E-state index contributed by atoms with van der Waals surface area (Å²) in [6, 6.07) is 19.4. The summed E-state index contributed by atoms with van der Waals surface area (Å²) in [5, 5.41) is 11.9. The summed E-state index contributed by atoms with van der Waals surface area (Å²) >= 11 is 0. The Morgan fingerprint density at radius 3 is 2.66 bits per heavy atom. The molecule has 2 aromatic carbocycles. The molecule has 0 unspecified atom stereocenters. The molecular formula is C26H24N6O3. The lowest BCUT2D eigenvalue weighted by Gasteiger charge is -2.17. The number of hydrogen-bond donors (Lipinski definition) is 1. The number of carbonyl (C=O) groups excluding carboxylic acids is 2. The zero-order valence-corrected chi connectivity index (χ0v) is 19.4. The third-order valence-electron chi connectivity index (χ3n) is 5.49. The van der Waals surface area contributed by atoms with Gasteiger partial charge in [0.05, 0.1) is 17.2 Å². The molecule has 0 saturated heterocycles. The van der Waals surface area contributed by atoms with Gasteiger partial charge in [-0.25, -0.2) is 9.97 Å². The van der Waals surface area contributed by atoms with Crippen LogP contribution in [-0.4, -0.2) is 47.1 Å². The Kier molecular flexibility index (Phi) is 7.14. The fourth-order valence-corrected chi connectivity index (χ4v) is 3.67. The van der Waals surface area contributed by atoms with Crippen LogP contribution >= 0.6 is 0 Å². The van der Waals surface area contributed by atoms with E-state index >= 15 is 0 Å². The molecule has 0 aliphatic rings. The number of anilines is 2. The van der Waals surface area contributed by atoms with Crippen LogP contribution in [0.5, 0.6) is 0 Å². The predicted octanol–water partition coefficient (Wildman–Crippen LogP) is 3.87. The van der Waals surface area contributed by atoms with E-state index in [1.54, 1.807) is 47.9 Å². The molecule has 2 aromatic heterocycles. The number of para-hydroxylation sites is 1. The van der Waals surface area contributed by atoms with Gasteiger partial charge in [-0.05, 0) is 42.8 Å². The van der Waals surface area contributed by atoms with Gasteiger partial charge in [-0.3, -0.25) is 19.5 Å². The Morgan fingerprint density at radius 1 is 1.11 bits per heavy atom. The molecule has 4 rings (SSSR count). The van der Waals surface area contributed by atoms with E-state index in [0.717, 1.165) is 5.69 Å². The van der Waals surface area contributed by atoms with Crippen LogP contribution in [0, 0.1) is 11.3 Å². The molecule has 0 saturated carbocycles. The zero-order valence-electron chi connectivity index (χ0n) is 19.4. The number of nitrogens with one attached hydrogen (secondary N) is 1. The van der Waals surface area contributed by atoms with Gasteiger partial charge < -0.3 is 9.64 Å². The second-order valence-electron chi connectivity index (χ2n) is 7.85. The molecule has 1 N–H and O–H groups in total. The largest absolute Gasteiger partial charge is 0.385 e. The number of benzene rings is 2. The first kappa shape index (κ1) is 23.6. The van der Waals surface area contributed by atoms with E-state index < -0.39 is 5.91 Å². The highest BCUT2D eigenvalue weighted by Gasteiger charge is 2.19. The highest BCUT2D eigenvalue weighted by atomic mass is 16.5. The highest BCUT2D eigenvalue weighted by Crippen LogP contribution is 2.22. The monoisotopic (exact) mass is 468 g/mol. The van der Waals surface area contributed by atoms with Gasteiger partial charge in [0.25, 0.3) is 11.8 Å². The fourth-order valence-electron chi connectivity index (χ4n) is 3.67. The smallest absolute Gasteiger partial charge is 0.259 e. The molecule has 9 heteroatoms. The van der Waals surface area contributed by atoms with Gasteiger partial charge in [0, 0.05) is 44.8 Å². The number of aryl methyl sites for hydroxylation is 1. The van der Waals surface area contributed by atoms with E-state index in [9.17, 15) is 9.59 Å². The molecule has 176 valence electrons. The summed E-state index contributed by atoms with van der Waals surface area (Å²) in [6.45, 7) is 1.03. The Balaban J connectivity index is 1.67. The van der Waals surface area contributed by atoms with Gasteiger partial charge in [0.1, 0.15) is 5.52 Å². The third kappa shape index (κ3) is 5.18. The van der Waals surface area contributed by atoms with Crippen LogP contribution in [0.25, 0.3) is 11.2 Å². The Hall–Kier alpha value is -4.55. The van der Waals surface area contributed by atoms with Gasteiger partial charge in [0.15, 0.2) is 5.65 Å². The van der Waals surface area contributed by atoms with Crippen molar-refractivity contribution in [3.05, 3.63) is 83.6 Å². The number of nitrogens with zero attached hydrogens (tertiary/aromatic N) is 5. The van der Waals surface area contributed by atoms with Crippen LogP contribution in [0.2, 0.25) is 0 Å². The first-order valence-corrected chi connectivity index (χ1v) is 11.0. The Labute approximate surface area is 202 Å². The van der Waals surface area contributed by atoms with Crippen molar-refractivity contribution in [1.82, 2.24) is 14.5 Å². The maximum atomic E-state index is 13.1. The number of methoxy groups -OCH3 is 1. The maximum Gasteiger partial charge on any atom is 0.259 e. The summed E-state index contributed by atoms with van der Waals surface area (Å²) in [7, 11) is 3.32. The maximum absolute atomic E-state index is 13.1. The fraction of sp³-hybridized carbons (Fsp3) is 0.192. The van der Waals surface area contributed by atoms with E-state index in [4.69, 9.17) is 10.00 Å². The molecule has 0 fully saturated rings. The molecule has 0 aliphatic carbocycles. The van der Waals surface area contributed by atoms with E-state index in [1.165, 1.54) is 12.3 Å². The number of rotatable bonds is 8. The predicted molar refractivity (Wildman–Crippen MR) is 132 cm³/mol. The van der Waals surface area contributed by atoms with E-state index in [-0.39, 0.29) is 5.91 Å². The average molecular weight is 469 g/mol. The second-order valence-corrected chi connectivity index (χ2v) is 7.85. The minimum absolute atomic E-state index is 0.224. The number of imidazole rings is 1.